The average molecular weight is 439 g/mol. The van der Waals surface area contributed by atoms with Crippen LogP contribution in [-0.2, 0) is 0 Å². The molecule has 6 nitrogen and oxygen atoms in total. The second-order valence-corrected chi connectivity index (χ2v) is 8.03. The van der Waals surface area contributed by atoms with Crippen molar-refractivity contribution in [3.05, 3.63) is 39.8 Å². The topological polar surface area (TPSA) is 91.3 Å². The van der Waals surface area contributed by atoms with Crippen LogP contribution in [0.25, 0.3) is 22.4 Å². The van der Waals surface area contributed by atoms with Gasteiger partial charge in [0.15, 0.2) is 5.65 Å². The summed E-state index contributed by atoms with van der Waals surface area (Å²) in [6.07, 6.45) is 1.10. The summed E-state index contributed by atoms with van der Waals surface area (Å²) in [5, 5.41) is 19.2. The third kappa shape index (κ3) is 3.20. The summed E-state index contributed by atoms with van der Waals surface area (Å²) >= 11 is 9.80. The van der Waals surface area contributed by atoms with E-state index >= 15 is 0 Å². The smallest absolute Gasteiger partial charge is 0.296 e. The van der Waals surface area contributed by atoms with E-state index in [9.17, 15) is 10.2 Å². The highest BCUT2D eigenvalue weighted by molar-refractivity contribution is 9.10. The Morgan fingerprint density at radius 1 is 1.19 bits per heavy atom. The SMILES string of the molecule is OCC1(CO)CC(Oc2nc3nc(-c4ccc(Br)cc4)c(Cl)cc3[nH]2)C1. The van der Waals surface area contributed by atoms with Crippen molar-refractivity contribution in [2.24, 2.45) is 5.41 Å². The van der Waals surface area contributed by atoms with Gasteiger partial charge in [0.25, 0.3) is 6.01 Å². The second kappa shape index (κ2) is 6.81. The maximum absolute atomic E-state index is 9.35. The number of benzene rings is 1. The maximum atomic E-state index is 9.35. The molecule has 0 unspecified atom stereocenters. The molecule has 2 heterocycles. The van der Waals surface area contributed by atoms with Crippen molar-refractivity contribution in [2.75, 3.05) is 13.2 Å². The van der Waals surface area contributed by atoms with Crippen LogP contribution in [0.4, 0.5) is 0 Å². The quantitative estimate of drug-likeness (QED) is 0.567. The number of hydrogen-bond donors (Lipinski definition) is 3. The van der Waals surface area contributed by atoms with Gasteiger partial charge >= 0.3 is 0 Å². The molecule has 0 bridgehead atoms. The zero-order chi connectivity index (χ0) is 18.3. The second-order valence-electron chi connectivity index (χ2n) is 6.70. The van der Waals surface area contributed by atoms with Gasteiger partial charge in [-0.15, -0.1) is 0 Å². The highest BCUT2D eigenvalue weighted by Crippen LogP contribution is 2.42. The number of H-pyrrole nitrogens is 1. The fourth-order valence-corrected chi connectivity index (χ4v) is 3.74. The summed E-state index contributed by atoms with van der Waals surface area (Å²) in [5.41, 5.74) is 2.35. The van der Waals surface area contributed by atoms with Gasteiger partial charge in [0, 0.05) is 15.5 Å². The molecule has 3 N–H and O–H groups in total. The molecular weight excluding hydrogens is 422 g/mol. The van der Waals surface area contributed by atoms with Crippen LogP contribution in [0.3, 0.4) is 0 Å². The summed E-state index contributed by atoms with van der Waals surface area (Å²) < 4.78 is 6.80. The third-order valence-electron chi connectivity index (χ3n) is 4.79. The number of rotatable bonds is 5. The molecule has 3 aromatic rings. The lowest BCUT2D eigenvalue weighted by Crippen LogP contribution is -2.49. The first-order valence-corrected chi connectivity index (χ1v) is 9.40. The zero-order valence-electron chi connectivity index (χ0n) is 13.7. The highest BCUT2D eigenvalue weighted by Gasteiger charge is 2.45. The lowest BCUT2D eigenvalue weighted by atomic mass is 9.68. The van der Waals surface area contributed by atoms with E-state index < -0.39 is 5.41 Å². The first-order valence-electron chi connectivity index (χ1n) is 8.22. The number of ether oxygens (including phenoxy) is 1. The number of imidazole rings is 1. The number of aliphatic hydroxyl groups excluding tert-OH is 2. The summed E-state index contributed by atoms with van der Waals surface area (Å²) in [4.78, 5) is 12.0. The molecule has 0 atom stereocenters. The minimum absolute atomic E-state index is 0.0444. The monoisotopic (exact) mass is 437 g/mol. The number of nitrogens with one attached hydrogen (secondary N) is 1. The number of halogens is 2. The normalized spacial score (nSPS) is 16.6. The molecule has 0 spiro atoms. The van der Waals surface area contributed by atoms with Crippen molar-refractivity contribution < 1.29 is 14.9 Å². The maximum Gasteiger partial charge on any atom is 0.296 e. The Morgan fingerprint density at radius 3 is 2.54 bits per heavy atom. The van der Waals surface area contributed by atoms with E-state index in [4.69, 9.17) is 16.3 Å². The summed E-state index contributed by atoms with van der Waals surface area (Å²) in [7, 11) is 0. The molecule has 8 heteroatoms. The number of aromatic nitrogens is 3. The lowest BCUT2D eigenvalue weighted by Gasteiger charge is -2.44. The number of pyridine rings is 1. The Hall–Kier alpha value is -1.67. The molecule has 0 amide bonds. The van der Waals surface area contributed by atoms with Crippen LogP contribution in [0.1, 0.15) is 12.8 Å². The van der Waals surface area contributed by atoms with Crippen LogP contribution in [0, 0.1) is 5.41 Å². The molecule has 136 valence electrons. The van der Waals surface area contributed by atoms with Gasteiger partial charge in [-0.3, -0.25) is 0 Å². The third-order valence-corrected chi connectivity index (χ3v) is 5.61. The van der Waals surface area contributed by atoms with Crippen LogP contribution in [0.15, 0.2) is 34.8 Å². The van der Waals surface area contributed by atoms with Gasteiger partial charge < -0.3 is 19.9 Å². The molecule has 1 saturated carbocycles. The van der Waals surface area contributed by atoms with Gasteiger partial charge in [-0.05, 0) is 31.0 Å². The van der Waals surface area contributed by atoms with Crippen molar-refractivity contribution in [3.63, 3.8) is 0 Å². The van der Waals surface area contributed by atoms with Crippen LogP contribution >= 0.6 is 27.5 Å². The average Bonchev–Trinajstić information content (AvgIpc) is 2.99. The molecule has 1 fully saturated rings. The van der Waals surface area contributed by atoms with Crippen molar-refractivity contribution in [3.8, 4) is 17.3 Å². The Morgan fingerprint density at radius 2 is 1.88 bits per heavy atom. The van der Waals surface area contributed by atoms with E-state index in [0.717, 1.165) is 10.0 Å². The molecule has 26 heavy (non-hydrogen) atoms. The molecule has 0 aliphatic heterocycles. The fourth-order valence-electron chi connectivity index (χ4n) is 3.22. The largest absolute Gasteiger partial charge is 0.461 e. The van der Waals surface area contributed by atoms with Crippen LogP contribution < -0.4 is 4.74 Å². The van der Waals surface area contributed by atoms with Crippen LogP contribution in [0.2, 0.25) is 5.02 Å². The predicted octanol–water partition coefficient (Wildman–Crippen LogP) is 3.55. The van der Waals surface area contributed by atoms with Gasteiger partial charge in [0.1, 0.15) is 6.10 Å². The van der Waals surface area contributed by atoms with E-state index in [0.29, 0.717) is 40.7 Å². The zero-order valence-corrected chi connectivity index (χ0v) is 16.1. The summed E-state index contributed by atoms with van der Waals surface area (Å²) in [5.74, 6) is 0. The minimum Gasteiger partial charge on any atom is -0.461 e. The van der Waals surface area contributed by atoms with Gasteiger partial charge in [-0.25, -0.2) is 4.98 Å². The van der Waals surface area contributed by atoms with Crippen molar-refractivity contribution >= 4 is 38.7 Å². The van der Waals surface area contributed by atoms with E-state index in [1.54, 1.807) is 6.07 Å². The Balaban J connectivity index is 1.57. The first kappa shape index (κ1) is 17.7. The fraction of sp³-hybridized carbons (Fsp3) is 0.333. The van der Waals surface area contributed by atoms with Gasteiger partial charge in [-0.1, -0.05) is 39.7 Å². The van der Waals surface area contributed by atoms with E-state index in [1.165, 1.54) is 0 Å². The van der Waals surface area contributed by atoms with Gasteiger partial charge in [0.05, 0.1) is 29.4 Å². The summed E-state index contributed by atoms with van der Waals surface area (Å²) in [6, 6.07) is 9.89. The number of hydrogen-bond acceptors (Lipinski definition) is 5. The van der Waals surface area contributed by atoms with Crippen molar-refractivity contribution in [1.82, 2.24) is 15.0 Å². The van der Waals surface area contributed by atoms with E-state index in [1.807, 2.05) is 24.3 Å². The Labute approximate surface area is 163 Å². The number of fused-ring (bicyclic) bond motifs is 1. The van der Waals surface area contributed by atoms with Crippen molar-refractivity contribution in [2.45, 2.75) is 18.9 Å². The van der Waals surface area contributed by atoms with E-state index in [-0.39, 0.29) is 19.3 Å². The minimum atomic E-state index is -0.438. The Kier molecular flexibility index (Phi) is 4.64. The molecule has 0 saturated heterocycles. The Bertz CT molecular complexity index is 933. The highest BCUT2D eigenvalue weighted by atomic mass is 79.9. The van der Waals surface area contributed by atoms with Gasteiger partial charge in [-0.2, -0.15) is 4.98 Å². The standard InChI is InChI=1S/C18H17BrClN3O3/c19-11-3-1-10(2-4-11)15-13(20)5-14-16(22-15)23-17(21-14)26-12-6-18(7-12,8-24)9-25/h1-5,12,24-25H,6-9H2,(H,21,22,23). The number of aromatic amines is 1. The molecular formula is C18H17BrClN3O3. The lowest BCUT2D eigenvalue weighted by molar-refractivity contribution is -0.0835. The summed E-state index contributed by atoms with van der Waals surface area (Å²) in [6.45, 7) is -0.0889. The van der Waals surface area contributed by atoms with E-state index in [2.05, 4.69) is 30.9 Å². The predicted molar refractivity (Wildman–Crippen MR) is 102 cm³/mol. The number of aliphatic hydroxyl groups is 2. The van der Waals surface area contributed by atoms with Crippen molar-refractivity contribution in [1.29, 1.82) is 0 Å². The first-order chi connectivity index (χ1) is 12.5. The van der Waals surface area contributed by atoms with Gasteiger partial charge in [0.2, 0.25) is 0 Å². The molecule has 1 aromatic carbocycles. The van der Waals surface area contributed by atoms with Crippen LogP contribution in [-0.4, -0.2) is 44.5 Å². The molecule has 0 radical (unpaired) electrons. The molecule has 4 rings (SSSR count). The molecule has 1 aliphatic rings. The molecule has 2 aromatic heterocycles. The van der Waals surface area contributed by atoms with Crippen LogP contribution in [0.5, 0.6) is 6.01 Å². The number of nitrogens with zero attached hydrogens (tertiary/aromatic N) is 2. The molecule has 1 aliphatic carbocycles.